The molecule has 2 nitrogen and oxygen atoms in total. The Morgan fingerprint density at radius 1 is 1.33 bits per heavy atom. The molecule has 102 valence electrons. The van der Waals surface area contributed by atoms with Crippen LogP contribution in [0.4, 0.5) is 13.2 Å². The lowest BCUT2D eigenvalue weighted by molar-refractivity contribution is -0.173. The zero-order chi connectivity index (χ0) is 13.8. The minimum Gasteiger partial charge on any atom is -0.496 e. The highest BCUT2D eigenvalue weighted by Gasteiger charge is 2.27. The fraction of sp³-hybridized carbons (Fsp3) is 0.455. The molecule has 0 heterocycles. The minimum atomic E-state index is -4.30. The summed E-state index contributed by atoms with van der Waals surface area (Å²) in [5, 5.41) is 0. The second kappa shape index (κ2) is 6.77. The van der Waals surface area contributed by atoms with Crippen LogP contribution >= 0.6 is 31.9 Å². The Hall–Kier alpha value is -0.270. The summed E-state index contributed by atoms with van der Waals surface area (Å²) < 4.78 is 46.1. The molecule has 0 aliphatic rings. The van der Waals surface area contributed by atoms with E-state index in [1.807, 2.05) is 0 Å². The molecule has 0 spiro atoms. The smallest absolute Gasteiger partial charge is 0.411 e. The summed E-state index contributed by atoms with van der Waals surface area (Å²) in [5.41, 5.74) is 0.810. The molecule has 0 amide bonds. The summed E-state index contributed by atoms with van der Waals surface area (Å²) in [6, 6.07) is 5.27. The monoisotopic (exact) mass is 390 g/mol. The number of halogens is 5. The van der Waals surface area contributed by atoms with Gasteiger partial charge in [-0.1, -0.05) is 22.0 Å². The van der Waals surface area contributed by atoms with Gasteiger partial charge < -0.3 is 9.47 Å². The van der Waals surface area contributed by atoms with E-state index >= 15 is 0 Å². The molecule has 1 rings (SSSR count). The fourth-order valence-corrected chi connectivity index (χ4v) is 2.28. The van der Waals surface area contributed by atoms with Crippen LogP contribution < -0.4 is 4.74 Å². The van der Waals surface area contributed by atoms with Crippen molar-refractivity contribution in [3.8, 4) is 5.75 Å². The second-order valence-electron chi connectivity index (χ2n) is 3.49. The number of hydrogen-bond donors (Lipinski definition) is 0. The average Bonchev–Trinajstić information content (AvgIpc) is 2.27. The van der Waals surface area contributed by atoms with E-state index in [4.69, 9.17) is 4.74 Å². The third-order valence-electron chi connectivity index (χ3n) is 2.07. The zero-order valence-corrected chi connectivity index (χ0v) is 12.6. The van der Waals surface area contributed by atoms with E-state index in [9.17, 15) is 13.2 Å². The Morgan fingerprint density at radius 2 is 2.00 bits per heavy atom. The van der Waals surface area contributed by atoms with Gasteiger partial charge >= 0.3 is 6.18 Å². The Bertz CT molecular complexity index is 396. The van der Waals surface area contributed by atoms with Gasteiger partial charge in [0.2, 0.25) is 0 Å². The molecule has 1 aromatic rings. The van der Waals surface area contributed by atoms with Crippen LogP contribution in [-0.2, 0) is 4.74 Å². The van der Waals surface area contributed by atoms with E-state index in [0.29, 0.717) is 5.75 Å². The minimum absolute atomic E-state index is 0.0573. The molecule has 0 aliphatic carbocycles. The van der Waals surface area contributed by atoms with Crippen LogP contribution in [0.25, 0.3) is 0 Å². The predicted molar refractivity (Wildman–Crippen MR) is 69.2 cm³/mol. The lowest BCUT2D eigenvalue weighted by atomic mass is 10.1. The van der Waals surface area contributed by atoms with Crippen LogP contribution in [-0.4, -0.2) is 26.5 Å². The molecule has 0 aromatic heterocycles. The van der Waals surface area contributed by atoms with Crippen molar-refractivity contribution < 1.29 is 22.6 Å². The lowest BCUT2D eigenvalue weighted by Gasteiger charge is -2.13. The average molecular weight is 392 g/mol. The van der Waals surface area contributed by atoms with Crippen LogP contribution in [0, 0.1) is 0 Å². The van der Waals surface area contributed by atoms with Gasteiger partial charge in [-0.15, -0.1) is 0 Å². The van der Waals surface area contributed by atoms with Crippen molar-refractivity contribution in [1.29, 1.82) is 0 Å². The van der Waals surface area contributed by atoms with Crippen molar-refractivity contribution in [1.82, 2.24) is 0 Å². The summed E-state index contributed by atoms with van der Waals surface area (Å²) in [7, 11) is 1.54. The molecule has 7 heteroatoms. The maximum Gasteiger partial charge on any atom is 0.411 e. The number of hydrogen-bond acceptors (Lipinski definition) is 2. The molecule has 18 heavy (non-hydrogen) atoms. The van der Waals surface area contributed by atoms with Gasteiger partial charge in [-0.3, -0.25) is 0 Å². The van der Waals surface area contributed by atoms with E-state index in [0.717, 1.165) is 10.0 Å². The maximum atomic E-state index is 11.9. The summed E-state index contributed by atoms with van der Waals surface area (Å²) in [4.78, 5) is -0.304. The molecule has 0 saturated carbocycles. The molecule has 0 N–H and O–H groups in total. The summed E-state index contributed by atoms with van der Waals surface area (Å²) in [5.74, 6) is 0.662. The van der Waals surface area contributed by atoms with Gasteiger partial charge in [-0.2, -0.15) is 13.2 Å². The molecule has 1 aromatic carbocycles. The van der Waals surface area contributed by atoms with Crippen LogP contribution in [0.5, 0.6) is 5.75 Å². The van der Waals surface area contributed by atoms with Gasteiger partial charge in [-0.25, -0.2) is 0 Å². The van der Waals surface area contributed by atoms with Crippen LogP contribution in [0.2, 0.25) is 0 Å². The standard InChI is InChI=1S/C11H11Br2F3O2/c1-17-10-3-2-7(4-8(10)12)9(13)5-18-6-11(14,15)16/h2-4,9H,5-6H2,1H3. The van der Waals surface area contributed by atoms with E-state index < -0.39 is 12.8 Å². The molecule has 1 unspecified atom stereocenters. The number of rotatable bonds is 5. The molecule has 0 saturated heterocycles. The highest BCUT2D eigenvalue weighted by atomic mass is 79.9. The highest BCUT2D eigenvalue weighted by molar-refractivity contribution is 9.10. The Labute approximate surface area is 120 Å². The first kappa shape index (κ1) is 15.8. The van der Waals surface area contributed by atoms with E-state index in [1.165, 1.54) is 7.11 Å². The molecule has 0 fully saturated rings. The Balaban J connectivity index is 2.56. The zero-order valence-electron chi connectivity index (χ0n) is 9.43. The number of alkyl halides is 4. The lowest BCUT2D eigenvalue weighted by Crippen LogP contribution is -2.18. The van der Waals surface area contributed by atoms with Crippen molar-refractivity contribution in [2.24, 2.45) is 0 Å². The summed E-state index contributed by atoms with van der Waals surface area (Å²) in [6.07, 6.45) is -4.30. The number of benzene rings is 1. The molecule has 0 radical (unpaired) electrons. The van der Waals surface area contributed by atoms with E-state index in [1.54, 1.807) is 18.2 Å². The van der Waals surface area contributed by atoms with Gasteiger partial charge in [0.05, 0.1) is 23.0 Å². The topological polar surface area (TPSA) is 18.5 Å². The predicted octanol–water partition coefficient (Wildman–Crippen LogP) is 4.47. The fourth-order valence-electron chi connectivity index (χ4n) is 1.25. The van der Waals surface area contributed by atoms with Crippen molar-refractivity contribution in [3.05, 3.63) is 28.2 Å². The quantitative estimate of drug-likeness (QED) is 0.689. The van der Waals surface area contributed by atoms with Gasteiger partial charge in [0.25, 0.3) is 0 Å². The van der Waals surface area contributed by atoms with Gasteiger partial charge in [-0.05, 0) is 33.6 Å². The Kier molecular flexibility index (Phi) is 5.94. The number of ether oxygens (including phenoxy) is 2. The second-order valence-corrected chi connectivity index (χ2v) is 5.45. The van der Waals surface area contributed by atoms with Crippen molar-refractivity contribution >= 4 is 31.9 Å². The van der Waals surface area contributed by atoms with Gasteiger partial charge in [0.1, 0.15) is 12.4 Å². The molecule has 1 atom stereocenters. The largest absolute Gasteiger partial charge is 0.496 e. The summed E-state index contributed by atoms with van der Waals surface area (Å²) >= 11 is 6.59. The van der Waals surface area contributed by atoms with Crippen LogP contribution in [0.1, 0.15) is 10.4 Å². The molecule has 0 bridgehead atoms. The maximum absolute atomic E-state index is 11.9. The van der Waals surface area contributed by atoms with Crippen molar-refractivity contribution in [2.75, 3.05) is 20.3 Å². The SMILES string of the molecule is COc1ccc(C(Br)COCC(F)(F)F)cc1Br. The molecule has 0 aliphatic heterocycles. The van der Waals surface area contributed by atoms with Gasteiger partial charge in [0.15, 0.2) is 0 Å². The third-order valence-corrected chi connectivity index (χ3v) is 3.48. The third kappa shape index (κ3) is 5.16. The van der Waals surface area contributed by atoms with E-state index in [2.05, 4.69) is 36.6 Å². The Morgan fingerprint density at radius 3 is 2.50 bits per heavy atom. The number of methoxy groups -OCH3 is 1. The summed E-state index contributed by atoms with van der Waals surface area (Å²) in [6.45, 7) is -1.30. The first-order valence-electron chi connectivity index (χ1n) is 4.95. The molecular formula is C11H11Br2F3O2. The van der Waals surface area contributed by atoms with Gasteiger partial charge in [0, 0.05) is 0 Å². The van der Waals surface area contributed by atoms with Crippen molar-refractivity contribution in [3.63, 3.8) is 0 Å². The van der Waals surface area contributed by atoms with Crippen molar-refractivity contribution in [2.45, 2.75) is 11.0 Å². The van der Waals surface area contributed by atoms with Crippen LogP contribution in [0.3, 0.4) is 0 Å². The first-order valence-corrected chi connectivity index (χ1v) is 6.66. The van der Waals surface area contributed by atoms with Crippen LogP contribution in [0.15, 0.2) is 22.7 Å². The molecular weight excluding hydrogens is 381 g/mol. The normalized spacial score (nSPS) is 13.4. The van der Waals surface area contributed by atoms with E-state index in [-0.39, 0.29) is 11.4 Å². The highest BCUT2D eigenvalue weighted by Crippen LogP contribution is 2.31. The first-order chi connectivity index (χ1) is 8.33.